The van der Waals surface area contributed by atoms with Crippen molar-refractivity contribution in [1.82, 2.24) is 9.88 Å². The predicted octanol–water partition coefficient (Wildman–Crippen LogP) is 4.51. The molecule has 7 heteroatoms. The Morgan fingerprint density at radius 3 is 2.59 bits per heavy atom. The lowest BCUT2D eigenvalue weighted by atomic mass is 10.1. The van der Waals surface area contributed by atoms with Gasteiger partial charge in [-0.3, -0.25) is 9.59 Å². The molecule has 2 heterocycles. The van der Waals surface area contributed by atoms with Crippen LogP contribution in [0.1, 0.15) is 52.0 Å². The number of nitriles is 1. The minimum atomic E-state index is -0.418. The number of amides is 2. The third-order valence-electron chi connectivity index (χ3n) is 5.51. The van der Waals surface area contributed by atoms with Crippen LogP contribution in [-0.2, 0) is 11.3 Å². The fraction of sp³-hybridized carbons (Fsp3) is 0.240. The quantitative estimate of drug-likeness (QED) is 0.427. The molecule has 2 aromatic heterocycles. The first-order chi connectivity index (χ1) is 15.5. The van der Waals surface area contributed by atoms with Crippen LogP contribution in [0.3, 0.4) is 0 Å². The summed E-state index contributed by atoms with van der Waals surface area (Å²) < 4.78 is 7.35. The van der Waals surface area contributed by atoms with Crippen molar-refractivity contribution in [1.29, 1.82) is 5.26 Å². The second-order valence-electron chi connectivity index (χ2n) is 7.91. The van der Waals surface area contributed by atoms with Gasteiger partial charge in [-0.15, -0.1) is 0 Å². The average molecular weight is 428 g/mol. The molecule has 0 spiro atoms. The lowest BCUT2D eigenvalue weighted by molar-refractivity contribution is -0.117. The highest BCUT2D eigenvalue weighted by atomic mass is 16.3. The molecular weight excluding hydrogens is 404 g/mol. The molecule has 4 rings (SSSR count). The summed E-state index contributed by atoms with van der Waals surface area (Å²) >= 11 is 0. The van der Waals surface area contributed by atoms with E-state index < -0.39 is 5.91 Å². The molecule has 0 bridgehead atoms. The van der Waals surface area contributed by atoms with E-state index in [1.807, 2.05) is 19.1 Å². The van der Waals surface area contributed by atoms with Crippen LogP contribution < -0.4 is 10.6 Å². The molecule has 1 saturated carbocycles. The second kappa shape index (κ2) is 8.98. The van der Waals surface area contributed by atoms with Gasteiger partial charge < -0.3 is 19.6 Å². The molecule has 0 atom stereocenters. The molecule has 0 radical (unpaired) electrons. The maximum absolute atomic E-state index is 12.6. The number of aryl methyl sites for hydroxylation is 1. The van der Waals surface area contributed by atoms with Gasteiger partial charge in [0, 0.05) is 29.7 Å². The lowest BCUT2D eigenvalue weighted by Crippen LogP contribution is -2.24. The van der Waals surface area contributed by atoms with E-state index >= 15 is 0 Å². The largest absolute Gasteiger partial charge is 0.459 e. The first-order valence-corrected chi connectivity index (χ1v) is 10.5. The zero-order valence-electron chi connectivity index (χ0n) is 18.0. The highest BCUT2D eigenvalue weighted by Gasteiger charge is 2.26. The maximum atomic E-state index is 12.6. The van der Waals surface area contributed by atoms with Crippen LogP contribution in [0.15, 0.2) is 58.7 Å². The number of hydrogen-bond donors (Lipinski definition) is 2. The van der Waals surface area contributed by atoms with E-state index in [0.717, 1.165) is 22.5 Å². The van der Waals surface area contributed by atoms with E-state index in [-0.39, 0.29) is 23.8 Å². The molecule has 3 aromatic rings. The topological polar surface area (TPSA) is 100 Å². The molecule has 1 aliphatic carbocycles. The van der Waals surface area contributed by atoms with Gasteiger partial charge >= 0.3 is 0 Å². The molecule has 7 nitrogen and oxygen atoms in total. The van der Waals surface area contributed by atoms with Crippen LogP contribution in [0.5, 0.6) is 0 Å². The van der Waals surface area contributed by atoms with Gasteiger partial charge in [-0.1, -0.05) is 12.1 Å². The number of benzene rings is 1. The average Bonchev–Trinajstić information content (AvgIpc) is 3.36. The van der Waals surface area contributed by atoms with Crippen LogP contribution >= 0.6 is 0 Å². The Labute approximate surface area is 186 Å². The van der Waals surface area contributed by atoms with E-state index in [9.17, 15) is 14.9 Å². The van der Waals surface area contributed by atoms with Gasteiger partial charge in [-0.25, -0.2) is 0 Å². The Balaban J connectivity index is 1.37. The molecule has 1 fully saturated rings. The van der Waals surface area contributed by atoms with Gasteiger partial charge in [0.05, 0.1) is 6.26 Å². The third kappa shape index (κ3) is 4.65. The Kier molecular flexibility index (Phi) is 5.95. The summed E-state index contributed by atoms with van der Waals surface area (Å²) in [6, 6.07) is 14.9. The molecule has 0 unspecified atom stereocenters. The molecule has 1 aromatic carbocycles. The number of carbonyl (C=O) groups excluding carboxylic acids is 2. The zero-order chi connectivity index (χ0) is 22.7. The highest BCUT2D eigenvalue weighted by Crippen LogP contribution is 2.38. The normalized spacial score (nSPS) is 13.5. The molecule has 0 saturated heterocycles. The van der Waals surface area contributed by atoms with Crippen molar-refractivity contribution in [2.75, 3.05) is 5.32 Å². The second-order valence-corrected chi connectivity index (χ2v) is 7.91. The summed E-state index contributed by atoms with van der Waals surface area (Å²) in [5.74, 6) is -0.519. The fourth-order valence-electron chi connectivity index (χ4n) is 3.73. The van der Waals surface area contributed by atoms with Gasteiger partial charge in [0.1, 0.15) is 11.6 Å². The van der Waals surface area contributed by atoms with E-state index in [4.69, 9.17) is 4.42 Å². The van der Waals surface area contributed by atoms with Gasteiger partial charge in [0.25, 0.3) is 11.8 Å². The summed E-state index contributed by atoms with van der Waals surface area (Å²) in [4.78, 5) is 24.6. The number of nitrogens with one attached hydrogen (secondary N) is 2. The molecule has 2 amide bonds. The number of furan rings is 1. The summed E-state index contributed by atoms with van der Waals surface area (Å²) in [5, 5.41) is 15.0. The van der Waals surface area contributed by atoms with Crippen molar-refractivity contribution in [3.63, 3.8) is 0 Å². The minimum absolute atomic E-state index is 0.0726. The van der Waals surface area contributed by atoms with Crippen LogP contribution in [0.25, 0.3) is 6.08 Å². The number of carbonyl (C=O) groups is 2. The van der Waals surface area contributed by atoms with Gasteiger partial charge in [0.15, 0.2) is 5.76 Å². The monoisotopic (exact) mass is 428 g/mol. The van der Waals surface area contributed by atoms with Crippen molar-refractivity contribution in [2.24, 2.45) is 0 Å². The fourth-order valence-corrected chi connectivity index (χ4v) is 3.73. The SMILES string of the molecule is Cc1cc(/C=C(\C#N)C(=O)NCc2ccc(NC(=O)c3ccco3)cc2)c(C)n1C1CC1. The molecule has 32 heavy (non-hydrogen) atoms. The maximum Gasteiger partial charge on any atom is 0.291 e. The zero-order valence-corrected chi connectivity index (χ0v) is 18.0. The van der Waals surface area contributed by atoms with E-state index in [1.165, 1.54) is 19.1 Å². The summed E-state index contributed by atoms with van der Waals surface area (Å²) in [5.41, 5.74) is 4.66. The molecule has 162 valence electrons. The Morgan fingerprint density at radius 2 is 1.97 bits per heavy atom. The van der Waals surface area contributed by atoms with Crippen molar-refractivity contribution in [3.05, 3.63) is 82.6 Å². The molecule has 2 N–H and O–H groups in total. The third-order valence-corrected chi connectivity index (χ3v) is 5.51. The summed E-state index contributed by atoms with van der Waals surface area (Å²) in [6.45, 7) is 4.34. The van der Waals surface area contributed by atoms with E-state index in [1.54, 1.807) is 42.5 Å². The van der Waals surface area contributed by atoms with E-state index in [0.29, 0.717) is 11.7 Å². The van der Waals surface area contributed by atoms with Crippen LogP contribution in [-0.4, -0.2) is 16.4 Å². The first kappa shape index (κ1) is 21.2. The van der Waals surface area contributed by atoms with Crippen molar-refractivity contribution >= 4 is 23.6 Å². The van der Waals surface area contributed by atoms with E-state index in [2.05, 4.69) is 22.1 Å². The van der Waals surface area contributed by atoms with Gasteiger partial charge in [-0.2, -0.15) is 5.26 Å². The first-order valence-electron chi connectivity index (χ1n) is 10.5. The number of anilines is 1. The lowest BCUT2D eigenvalue weighted by Gasteiger charge is -2.08. The Bertz CT molecular complexity index is 1210. The summed E-state index contributed by atoms with van der Waals surface area (Å²) in [7, 11) is 0. The standard InChI is InChI=1S/C25H24N4O3/c1-16-12-19(17(2)29(16)22-9-10-22)13-20(14-26)24(30)27-15-18-5-7-21(8-6-18)28-25(31)23-4-3-11-32-23/h3-8,11-13,22H,9-10,15H2,1-2H3,(H,27,30)(H,28,31)/b20-13+. The van der Waals surface area contributed by atoms with Gasteiger partial charge in [-0.05, 0) is 74.2 Å². The smallest absolute Gasteiger partial charge is 0.291 e. The molecule has 0 aliphatic heterocycles. The van der Waals surface area contributed by atoms with Gasteiger partial charge in [0.2, 0.25) is 0 Å². The minimum Gasteiger partial charge on any atom is -0.459 e. The number of rotatable bonds is 7. The number of aromatic nitrogens is 1. The molecular formula is C25H24N4O3. The number of nitrogens with zero attached hydrogens (tertiary/aromatic N) is 2. The van der Waals surface area contributed by atoms with Crippen LogP contribution in [0.4, 0.5) is 5.69 Å². The van der Waals surface area contributed by atoms with Crippen molar-refractivity contribution in [2.45, 2.75) is 39.3 Å². The number of hydrogen-bond acceptors (Lipinski definition) is 4. The highest BCUT2D eigenvalue weighted by molar-refractivity contribution is 6.02. The summed E-state index contributed by atoms with van der Waals surface area (Å²) in [6.07, 6.45) is 5.45. The van der Waals surface area contributed by atoms with Crippen LogP contribution in [0.2, 0.25) is 0 Å². The molecule has 1 aliphatic rings. The predicted molar refractivity (Wildman–Crippen MR) is 121 cm³/mol. The Hall–Kier alpha value is -4.05. The Morgan fingerprint density at radius 1 is 1.22 bits per heavy atom. The van der Waals surface area contributed by atoms with Crippen molar-refractivity contribution in [3.8, 4) is 6.07 Å². The van der Waals surface area contributed by atoms with Crippen LogP contribution in [0, 0.1) is 25.2 Å². The van der Waals surface area contributed by atoms with Crippen molar-refractivity contribution < 1.29 is 14.0 Å².